The third kappa shape index (κ3) is 5.85. The van der Waals surface area contributed by atoms with Gasteiger partial charge in [0.05, 0.1) is 0 Å². The summed E-state index contributed by atoms with van der Waals surface area (Å²) in [4.78, 5) is 9.18. The van der Waals surface area contributed by atoms with Gasteiger partial charge >= 0.3 is 0 Å². The molecule has 1 aromatic carbocycles. The number of unbranched alkanes of at least 4 members (excludes halogenated alkanes) is 1. The van der Waals surface area contributed by atoms with Crippen molar-refractivity contribution in [3.05, 3.63) is 42.2 Å². The van der Waals surface area contributed by atoms with Crippen LogP contribution in [0.1, 0.15) is 39.4 Å². The Bertz CT molecular complexity index is 773. The standard InChI is InChI=1S/C20H24N4O/c1-5-6-7-8-15(4)20-23-18(21-14(2)3)13-19(24-20)22-16-9-11-17(25)12-10-16/h1,8-14,25H,6-7H2,2-4H3,(H2,21,22,23,24)/b15-8+. The number of nitrogens with zero attached hydrogens (tertiary/aromatic N) is 2. The molecule has 5 nitrogen and oxygen atoms in total. The predicted octanol–water partition coefficient (Wildman–Crippen LogP) is 4.56. The number of terminal acetylenes is 1. The molecule has 0 amide bonds. The van der Waals surface area contributed by atoms with Gasteiger partial charge in [0, 0.05) is 24.2 Å². The molecule has 3 N–H and O–H groups in total. The van der Waals surface area contributed by atoms with Crippen LogP contribution in [0, 0.1) is 12.3 Å². The van der Waals surface area contributed by atoms with Crippen molar-refractivity contribution in [1.82, 2.24) is 9.97 Å². The minimum Gasteiger partial charge on any atom is -0.508 e. The van der Waals surface area contributed by atoms with Crippen LogP contribution >= 0.6 is 0 Å². The predicted molar refractivity (Wildman–Crippen MR) is 104 cm³/mol. The number of aromatic hydroxyl groups is 1. The Labute approximate surface area is 149 Å². The lowest BCUT2D eigenvalue weighted by Crippen LogP contribution is -2.12. The first-order chi connectivity index (χ1) is 12.0. The summed E-state index contributed by atoms with van der Waals surface area (Å²) in [7, 11) is 0. The van der Waals surface area contributed by atoms with Crippen LogP contribution in [0.25, 0.3) is 5.57 Å². The molecule has 0 aliphatic rings. The Morgan fingerprint density at radius 2 is 1.92 bits per heavy atom. The van der Waals surface area contributed by atoms with Gasteiger partial charge in [-0.1, -0.05) is 6.08 Å². The number of aromatic nitrogens is 2. The van der Waals surface area contributed by atoms with E-state index < -0.39 is 0 Å². The van der Waals surface area contributed by atoms with E-state index >= 15 is 0 Å². The number of phenols is 1. The summed E-state index contributed by atoms with van der Waals surface area (Å²) in [5, 5.41) is 16.0. The van der Waals surface area contributed by atoms with Gasteiger partial charge in [0.15, 0.2) is 5.82 Å². The largest absolute Gasteiger partial charge is 0.508 e. The van der Waals surface area contributed by atoms with Gasteiger partial charge in [-0.3, -0.25) is 0 Å². The summed E-state index contributed by atoms with van der Waals surface area (Å²) < 4.78 is 0. The highest BCUT2D eigenvalue weighted by molar-refractivity contribution is 5.65. The Kier molecular flexibility index (Phi) is 6.41. The average Bonchev–Trinajstić information content (AvgIpc) is 2.56. The molecule has 25 heavy (non-hydrogen) atoms. The molecule has 0 saturated carbocycles. The molecule has 0 atom stereocenters. The highest BCUT2D eigenvalue weighted by atomic mass is 16.3. The Morgan fingerprint density at radius 3 is 2.56 bits per heavy atom. The van der Waals surface area contributed by atoms with Crippen molar-refractivity contribution in [2.45, 2.75) is 39.7 Å². The highest BCUT2D eigenvalue weighted by Gasteiger charge is 2.08. The average molecular weight is 336 g/mol. The van der Waals surface area contributed by atoms with Crippen LogP contribution in [0.2, 0.25) is 0 Å². The molecule has 0 aliphatic heterocycles. The molecular formula is C20H24N4O. The molecule has 2 aromatic rings. The van der Waals surface area contributed by atoms with Gasteiger partial charge in [0.1, 0.15) is 17.4 Å². The van der Waals surface area contributed by atoms with Gasteiger partial charge < -0.3 is 15.7 Å². The smallest absolute Gasteiger partial charge is 0.159 e. The van der Waals surface area contributed by atoms with Gasteiger partial charge in [0.2, 0.25) is 0 Å². The highest BCUT2D eigenvalue weighted by Crippen LogP contribution is 2.22. The lowest BCUT2D eigenvalue weighted by molar-refractivity contribution is 0.475. The fraction of sp³-hybridized carbons (Fsp3) is 0.300. The van der Waals surface area contributed by atoms with Crippen LogP contribution in [0.3, 0.4) is 0 Å². The molecule has 0 bridgehead atoms. The zero-order chi connectivity index (χ0) is 18.2. The number of anilines is 3. The van der Waals surface area contributed by atoms with Crippen LogP contribution in [-0.4, -0.2) is 21.1 Å². The normalized spacial score (nSPS) is 11.2. The van der Waals surface area contributed by atoms with Gasteiger partial charge in [-0.2, -0.15) is 0 Å². The molecule has 130 valence electrons. The van der Waals surface area contributed by atoms with Crippen LogP contribution in [-0.2, 0) is 0 Å². The van der Waals surface area contributed by atoms with E-state index in [-0.39, 0.29) is 11.8 Å². The first kappa shape index (κ1) is 18.3. The third-order valence-corrected chi connectivity index (χ3v) is 3.39. The molecule has 0 aliphatic carbocycles. The van der Waals surface area contributed by atoms with E-state index in [1.807, 2.05) is 13.0 Å². The molecule has 1 aromatic heterocycles. The number of phenolic OH excluding ortho intramolecular Hbond substituents is 1. The number of nitrogens with one attached hydrogen (secondary N) is 2. The summed E-state index contributed by atoms with van der Waals surface area (Å²) in [5.41, 5.74) is 1.82. The lowest BCUT2D eigenvalue weighted by atomic mass is 10.2. The minimum atomic E-state index is 0.225. The summed E-state index contributed by atoms with van der Waals surface area (Å²) >= 11 is 0. The molecule has 0 fully saturated rings. The van der Waals surface area contributed by atoms with E-state index in [0.29, 0.717) is 18.1 Å². The van der Waals surface area contributed by atoms with E-state index in [1.54, 1.807) is 24.3 Å². The van der Waals surface area contributed by atoms with Crippen molar-refractivity contribution in [3.8, 4) is 18.1 Å². The van der Waals surface area contributed by atoms with Crippen molar-refractivity contribution < 1.29 is 5.11 Å². The van der Waals surface area contributed by atoms with Gasteiger partial charge in [-0.15, -0.1) is 12.3 Å². The van der Waals surface area contributed by atoms with Crippen LogP contribution in [0.5, 0.6) is 5.75 Å². The molecular weight excluding hydrogens is 312 g/mol. The summed E-state index contributed by atoms with van der Waals surface area (Å²) in [6.07, 6.45) is 8.85. The third-order valence-electron chi connectivity index (χ3n) is 3.39. The molecule has 5 heteroatoms. The van der Waals surface area contributed by atoms with Gasteiger partial charge in [-0.25, -0.2) is 9.97 Å². The molecule has 0 saturated heterocycles. The fourth-order valence-corrected chi connectivity index (χ4v) is 2.21. The molecule has 0 spiro atoms. The Hall–Kier alpha value is -3.00. The molecule has 0 unspecified atom stereocenters. The van der Waals surface area contributed by atoms with Gasteiger partial charge in [0.25, 0.3) is 0 Å². The maximum absolute atomic E-state index is 9.40. The van der Waals surface area contributed by atoms with E-state index in [0.717, 1.165) is 23.5 Å². The SMILES string of the molecule is C#CCC/C=C(\C)c1nc(Nc2ccc(O)cc2)cc(NC(C)C)n1. The first-order valence-corrected chi connectivity index (χ1v) is 8.30. The molecule has 0 radical (unpaired) electrons. The molecule has 2 rings (SSSR count). The first-order valence-electron chi connectivity index (χ1n) is 8.30. The van der Waals surface area contributed by atoms with Crippen molar-refractivity contribution >= 4 is 22.9 Å². The monoisotopic (exact) mass is 336 g/mol. The van der Waals surface area contributed by atoms with E-state index in [9.17, 15) is 5.11 Å². The quantitative estimate of drug-likeness (QED) is 0.393. The summed E-state index contributed by atoms with van der Waals surface area (Å²) in [5.74, 6) is 4.95. The van der Waals surface area contributed by atoms with E-state index in [1.165, 1.54) is 0 Å². The summed E-state index contributed by atoms with van der Waals surface area (Å²) in [6.45, 7) is 6.10. The van der Waals surface area contributed by atoms with Crippen molar-refractivity contribution in [1.29, 1.82) is 0 Å². The minimum absolute atomic E-state index is 0.225. The number of allylic oxidation sites excluding steroid dienone is 2. The topological polar surface area (TPSA) is 70.1 Å². The number of hydrogen-bond acceptors (Lipinski definition) is 5. The Balaban J connectivity index is 2.31. The zero-order valence-corrected chi connectivity index (χ0v) is 14.9. The Morgan fingerprint density at radius 1 is 1.24 bits per heavy atom. The maximum Gasteiger partial charge on any atom is 0.159 e. The van der Waals surface area contributed by atoms with Crippen LogP contribution < -0.4 is 10.6 Å². The second-order valence-corrected chi connectivity index (χ2v) is 6.06. The van der Waals surface area contributed by atoms with E-state index in [4.69, 9.17) is 6.42 Å². The van der Waals surface area contributed by atoms with Crippen LogP contribution in [0.4, 0.5) is 17.3 Å². The second kappa shape index (κ2) is 8.74. The fourth-order valence-electron chi connectivity index (χ4n) is 2.21. The second-order valence-electron chi connectivity index (χ2n) is 6.06. The molecule has 1 heterocycles. The number of benzene rings is 1. The van der Waals surface area contributed by atoms with Crippen LogP contribution in [0.15, 0.2) is 36.4 Å². The lowest BCUT2D eigenvalue weighted by Gasteiger charge is -2.13. The van der Waals surface area contributed by atoms with Gasteiger partial charge in [-0.05, 0) is 57.0 Å². The summed E-state index contributed by atoms with van der Waals surface area (Å²) in [6, 6.07) is 8.97. The number of rotatable bonds is 7. The van der Waals surface area contributed by atoms with Crippen molar-refractivity contribution in [3.63, 3.8) is 0 Å². The zero-order valence-electron chi connectivity index (χ0n) is 14.9. The number of hydrogen-bond donors (Lipinski definition) is 3. The maximum atomic E-state index is 9.40. The van der Waals surface area contributed by atoms with Crippen molar-refractivity contribution in [2.24, 2.45) is 0 Å². The van der Waals surface area contributed by atoms with Crippen molar-refractivity contribution in [2.75, 3.05) is 10.6 Å². The van der Waals surface area contributed by atoms with E-state index in [2.05, 4.69) is 46.4 Å².